The number of nitro groups is 1. The summed E-state index contributed by atoms with van der Waals surface area (Å²) in [6.45, 7) is -0.0319. The lowest BCUT2D eigenvalue weighted by molar-refractivity contribution is -0.384. The standard InChI is InChI=1S/C17H14N2O7S/c20-16(12-4-2-1-3-5-12)17(21)18(10-14-11-26-14)27(24,25)15-8-6-13(7-9-15)19(22)23/h1-9,14H,10-11H2/t14-/m1/s1. The largest absolute Gasteiger partial charge is 0.371 e. The van der Waals surface area contributed by atoms with Crippen molar-refractivity contribution in [2.75, 3.05) is 13.2 Å². The Balaban J connectivity index is 1.94. The molecule has 1 heterocycles. The van der Waals surface area contributed by atoms with Crippen LogP contribution in [0.5, 0.6) is 0 Å². The summed E-state index contributed by atoms with van der Waals surface area (Å²) in [6.07, 6.45) is -0.481. The van der Waals surface area contributed by atoms with Gasteiger partial charge in [0.25, 0.3) is 21.5 Å². The average molecular weight is 390 g/mol. The van der Waals surface area contributed by atoms with Crippen LogP contribution in [0.4, 0.5) is 5.69 Å². The van der Waals surface area contributed by atoms with Crippen LogP contribution in [0.1, 0.15) is 10.4 Å². The van der Waals surface area contributed by atoms with Gasteiger partial charge in [-0.1, -0.05) is 30.3 Å². The number of ketones is 1. The van der Waals surface area contributed by atoms with Gasteiger partial charge in [-0.15, -0.1) is 0 Å². The van der Waals surface area contributed by atoms with Gasteiger partial charge in [0, 0.05) is 17.7 Å². The van der Waals surface area contributed by atoms with Crippen LogP contribution in [0, 0.1) is 10.1 Å². The summed E-state index contributed by atoms with van der Waals surface area (Å²) in [5.74, 6) is -2.18. The molecule has 0 aliphatic carbocycles. The lowest BCUT2D eigenvalue weighted by atomic mass is 10.1. The minimum Gasteiger partial charge on any atom is -0.371 e. The number of sulfonamides is 1. The Morgan fingerprint density at radius 1 is 1.11 bits per heavy atom. The summed E-state index contributed by atoms with van der Waals surface area (Å²) in [5.41, 5.74) is -0.235. The number of hydrogen-bond donors (Lipinski definition) is 0. The molecule has 10 heteroatoms. The molecule has 27 heavy (non-hydrogen) atoms. The monoisotopic (exact) mass is 390 g/mol. The Morgan fingerprint density at radius 2 is 1.70 bits per heavy atom. The first-order valence-electron chi connectivity index (χ1n) is 7.83. The number of epoxide rings is 1. The van der Waals surface area contributed by atoms with E-state index in [1.54, 1.807) is 18.2 Å². The molecule has 1 saturated heterocycles. The second kappa shape index (κ2) is 7.25. The van der Waals surface area contributed by atoms with Gasteiger partial charge in [0.2, 0.25) is 0 Å². The van der Waals surface area contributed by atoms with Crippen molar-refractivity contribution >= 4 is 27.4 Å². The van der Waals surface area contributed by atoms with Gasteiger partial charge in [0.05, 0.1) is 29.1 Å². The van der Waals surface area contributed by atoms with Crippen molar-refractivity contribution in [3.63, 3.8) is 0 Å². The van der Waals surface area contributed by atoms with Crippen LogP contribution in [-0.4, -0.2) is 48.6 Å². The first-order valence-corrected chi connectivity index (χ1v) is 9.27. The fourth-order valence-corrected chi connectivity index (χ4v) is 3.74. The molecule has 140 valence electrons. The summed E-state index contributed by atoms with van der Waals surface area (Å²) in [7, 11) is -4.39. The van der Waals surface area contributed by atoms with Crippen LogP contribution in [-0.2, 0) is 19.6 Å². The molecule has 1 aliphatic rings. The van der Waals surface area contributed by atoms with Crippen LogP contribution in [0.2, 0.25) is 0 Å². The van der Waals surface area contributed by atoms with E-state index in [4.69, 9.17) is 4.74 Å². The third-order valence-corrected chi connectivity index (χ3v) is 5.63. The Morgan fingerprint density at radius 3 is 2.22 bits per heavy atom. The highest BCUT2D eigenvalue weighted by atomic mass is 32.2. The third kappa shape index (κ3) is 4.01. The smallest absolute Gasteiger partial charge is 0.308 e. The van der Waals surface area contributed by atoms with E-state index in [-0.39, 0.29) is 29.3 Å². The molecule has 0 aromatic heterocycles. The van der Waals surface area contributed by atoms with E-state index in [0.29, 0.717) is 4.31 Å². The van der Waals surface area contributed by atoms with Gasteiger partial charge in [-0.05, 0) is 12.1 Å². The topological polar surface area (TPSA) is 127 Å². The fourth-order valence-electron chi connectivity index (χ4n) is 2.34. The number of hydrogen-bond acceptors (Lipinski definition) is 7. The number of carbonyl (C=O) groups excluding carboxylic acids is 2. The summed E-state index contributed by atoms with van der Waals surface area (Å²) in [4.78, 5) is 34.8. The number of rotatable bonds is 7. The maximum absolute atomic E-state index is 12.9. The number of ether oxygens (including phenoxy) is 1. The van der Waals surface area contributed by atoms with E-state index in [2.05, 4.69) is 0 Å². The first-order chi connectivity index (χ1) is 12.8. The molecule has 2 aromatic carbocycles. The molecular weight excluding hydrogens is 376 g/mol. The highest BCUT2D eigenvalue weighted by Crippen LogP contribution is 2.23. The van der Waals surface area contributed by atoms with Crippen molar-refractivity contribution in [1.29, 1.82) is 0 Å². The van der Waals surface area contributed by atoms with Crippen LogP contribution in [0.15, 0.2) is 59.5 Å². The number of nitro benzene ring substituents is 1. The van der Waals surface area contributed by atoms with Crippen molar-refractivity contribution in [2.24, 2.45) is 0 Å². The minimum atomic E-state index is -4.39. The number of carbonyl (C=O) groups is 2. The zero-order valence-electron chi connectivity index (χ0n) is 13.8. The highest BCUT2D eigenvalue weighted by molar-refractivity contribution is 7.89. The molecular formula is C17H14N2O7S. The molecule has 9 nitrogen and oxygen atoms in total. The van der Waals surface area contributed by atoms with Gasteiger partial charge in [-0.3, -0.25) is 19.7 Å². The Labute approximate surface area is 154 Å². The second-order valence-corrected chi connectivity index (χ2v) is 7.61. The van der Waals surface area contributed by atoms with Crippen molar-refractivity contribution in [1.82, 2.24) is 4.31 Å². The molecule has 1 fully saturated rings. The number of non-ortho nitro benzene ring substituents is 1. The Hall–Kier alpha value is -3.11. The summed E-state index contributed by atoms with van der Waals surface area (Å²) >= 11 is 0. The minimum absolute atomic E-state index is 0.0584. The molecule has 0 N–H and O–H groups in total. The fraction of sp³-hybridized carbons (Fsp3) is 0.176. The SMILES string of the molecule is O=C(C(=O)N(C[C@@H]1CO1)S(=O)(=O)c1ccc([N+](=O)[O-])cc1)c1ccccc1. The molecule has 0 saturated carbocycles. The van der Waals surface area contributed by atoms with Gasteiger partial charge in [0.15, 0.2) is 0 Å². The van der Waals surface area contributed by atoms with Crippen molar-refractivity contribution in [2.45, 2.75) is 11.0 Å². The van der Waals surface area contributed by atoms with E-state index in [9.17, 15) is 28.1 Å². The van der Waals surface area contributed by atoms with Gasteiger partial charge in [-0.25, -0.2) is 12.7 Å². The predicted octanol–water partition coefficient (Wildman–Crippen LogP) is 1.39. The Kier molecular flexibility index (Phi) is 5.02. The molecule has 0 unspecified atom stereocenters. The third-order valence-electron chi connectivity index (χ3n) is 3.86. The number of nitrogens with zero attached hydrogens (tertiary/aromatic N) is 2. The van der Waals surface area contributed by atoms with E-state index < -0.39 is 32.7 Å². The quantitative estimate of drug-likeness (QED) is 0.230. The number of amides is 1. The van der Waals surface area contributed by atoms with Gasteiger partial charge in [0.1, 0.15) is 0 Å². The maximum Gasteiger partial charge on any atom is 0.308 e. The molecule has 1 atom stereocenters. The normalized spacial score (nSPS) is 15.8. The van der Waals surface area contributed by atoms with E-state index in [0.717, 1.165) is 24.3 Å². The van der Waals surface area contributed by atoms with Crippen LogP contribution in [0.3, 0.4) is 0 Å². The number of Topliss-reactive ketones (excluding diaryl/α,β-unsaturated/α-hetero) is 1. The molecule has 0 spiro atoms. The Bertz CT molecular complexity index is 984. The van der Waals surface area contributed by atoms with Gasteiger partial charge < -0.3 is 4.74 Å². The van der Waals surface area contributed by atoms with Crippen molar-refractivity contribution in [3.8, 4) is 0 Å². The molecule has 3 rings (SSSR count). The van der Waals surface area contributed by atoms with Gasteiger partial charge in [-0.2, -0.15) is 0 Å². The molecule has 1 amide bonds. The highest BCUT2D eigenvalue weighted by Gasteiger charge is 2.38. The summed E-state index contributed by atoms with van der Waals surface area (Å²) in [6, 6.07) is 11.7. The molecule has 0 bridgehead atoms. The van der Waals surface area contributed by atoms with Crippen LogP contribution in [0.25, 0.3) is 0 Å². The van der Waals surface area contributed by atoms with Crippen LogP contribution < -0.4 is 0 Å². The predicted molar refractivity (Wildman–Crippen MR) is 92.5 cm³/mol. The number of benzene rings is 2. The maximum atomic E-state index is 12.9. The van der Waals surface area contributed by atoms with Crippen molar-refractivity contribution in [3.05, 3.63) is 70.3 Å². The zero-order chi connectivity index (χ0) is 19.6. The van der Waals surface area contributed by atoms with Crippen molar-refractivity contribution < 1.29 is 27.7 Å². The van der Waals surface area contributed by atoms with E-state index >= 15 is 0 Å². The summed E-state index contributed by atoms with van der Waals surface area (Å²) < 4.78 is 31.2. The van der Waals surface area contributed by atoms with Gasteiger partial charge >= 0.3 is 5.91 Å². The zero-order valence-corrected chi connectivity index (χ0v) is 14.7. The summed E-state index contributed by atoms with van der Waals surface area (Å²) in [5, 5.41) is 10.7. The average Bonchev–Trinajstić information content (AvgIpc) is 3.50. The lowest BCUT2D eigenvalue weighted by Crippen LogP contribution is -2.43. The molecule has 2 aromatic rings. The molecule has 0 radical (unpaired) electrons. The molecule has 1 aliphatic heterocycles. The first kappa shape index (κ1) is 18.7. The van der Waals surface area contributed by atoms with E-state index in [1.165, 1.54) is 12.1 Å². The lowest BCUT2D eigenvalue weighted by Gasteiger charge is -2.21. The van der Waals surface area contributed by atoms with E-state index in [1.807, 2.05) is 0 Å². The second-order valence-electron chi connectivity index (χ2n) is 5.74. The van der Waals surface area contributed by atoms with Crippen LogP contribution >= 0.6 is 0 Å².